The fraction of sp³-hybridized carbons (Fsp3) is 0.500. The van der Waals surface area contributed by atoms with Gasteiger partial charge in [-0.05, 0) is 36.5 Å². The quantitative estimate of drug-likeness (QED) is 0.842. The third-order valence-corrected chi connectivity index (χ3v) is 5.08. The highest BCUT2D eigenvalue weighted by atomic mass is 79.9. The molecule has 2 amide bonds. The molecular weight excluding hydrogens is 318 g/mol. The molecule has 1 saturated heterocycles. The Labute approximate surface area is 127 Å². The van der Waals surface area contributed by atoms with E-state index in [4.69, 9.17) is 0 Å². The van der Waals surface area contributed by atoms with Crippen LogP contribution in [0.2, 0.25) is 0 Å². The van der Waals surface area contributed by atoms with Crippen molar-refractivity contribution in [2.45, 2.75) is 38.0 Å². The number of halogens is 1. The van der Waals surface area contributed by atoms with E-state index >= 15 is 0 Å². The van der Waals surface area contributed by atoms with Gasteiger partial charge in [0.1, 0.15) is 0 Å². The first-order valence-corrected chi connectivity index (χ1v) is 8.03. The van der Waals surface area contributed by atoms with Gasteiger partial charge in [-0.3, -0.25) is 14.9 Å². The van der Waals surface area contributed by atoms with Crippen LogP contribution < -0.4 is 5.32 Å². The van der Waals surface area contributed by atoms with E-state index in [1.807, 2.05) is 24.3 Å². The molecule has 1 aliphatic heterocycles. The lowest BCUT2D eigenvalue weighted by molar-refractivity contribution is -0.138. The van der Waals surface area contributed by atoms with Crippen molar-refractivity contribution >= 4 is 27.7 Å². The fourth-order valence-electron chi connectivity index (χ4n) is 3.70. The van der Waals surface area contributed by atoms with E-state index in [-0.39, 0.29) is 23.7 Å². The van der Waals surface area contributed by atoms with Crippen molar-refractivity contribution in [3.63, 3.8) is 0 Å². The van der Waals surface area contributed by atoms with E-state index in [1.54, 1.807) is 0 Å². The molecule has 0 spiro atoms. The fourth-order valence-corrected chi connectivity index (χ4v) is 4.12. The van der Waals surface area contributed by atoms with Crippen molar-refractivity contribution in [2.24, 2.45) is 11.8 Å². The zero-order chi connectivity index (χ0) is 14.1. The van der Waals surface area contributed by atoms with Crippen LogP contribution in [0.25, 0.3) is 0 Å². The number of hydrogen-bond acceptors (Lipinski definition) is 2. The van der Waals surface area contributed by atoms with Crippen molar-refractivity contribution in [1.82, 2.24) is 5.32 Å². The summed E-state index contributed by atoms with van der Waals surface area (Å²) in [5.74, 6) is 0.181. The van der Waals surface area contributed by atoms with Crippen LogP contribution in [-0.4, -0.2) is 11.8 Å². The molecule has 2 fully saturated rings. The van der Waals surface area contributed by atoms with Crippen molar-refractivity contribution in [3.8, 4) is 0 Å². The Bertz CT molecular complexity index is 537. The van der Waals surface area contributed by atoms with Gasteiger partial charge in [0.2, 0.25) is 11.8 Å². The normalized spacial score (nSPS) is 27.6. The van der Waals surface area contributed by atoms with Gasteiger partial charge in [0.25, 0.3) is 0 Å². The average Bonchev–Trinajstić information content (AvgIpc) is 2.91. The molecule has 3 rings (SSSR count). The highest BCUT2D eigenvalue weighted by Gasteiger charge is 2.42. The molecule has 4 heteroatoms. The Morgan fingerprint density at radius 3 is 2.60 bits per heavy atom. The first-order valence-electron chi connectivity index (χ1n) is 7.24. The van der Waals surface area contributed by atoms with E-state index in [0.29, 0.717) is 12.3 Å². The maximum absolute atomic E-state index is 12.3. The van der Waals surface area contributed by atoms with Gasteiger partial charge in [0, 0.05) is 22.7 Å². The number of imide groups is 1. The predicted octanol–water partition coefficient (Wildman–Crippen LogP) is 3.39. The summed E-state index contributed by atoms with van der Waals surface area (Å²) in [5.41, 5.74) is 1.10. The lowest BCUT2D eigenvalue weighted by atomic mass is 9.73. The lowest BCUT2D eigenvalue weighted by Crippen LogP contribution is -2.47. The second-order valence-electron chi connectivity index (χ2n) is 5.85. The Balaban J connectivity index is 1.94. The third-order valence-electron chi connectivity index (χ3n) is 4.59. The molecule has 1 N–H and O–H groups in total. The van der Waals surface area contributed by atoms with E-state index in [1.165, 1.54) is 12.8 Å². The van der Waals surface area contributed by atoms with E-state index in [0.717, 1.165) is 22.9 Å². The Kier molecular flexibility index (Phi) is 3.92. The number of nitrogens with one attached hydrogen (secondary N) is 1. The van der Waals surface area contributed by atoms with Crippen molar-refractivity contribution in [3.05, 3.63) is 34.3 Å². The summed E-state index contributed by atoms with van der Waals surface area (Å²) >= 11 is 3.48. The van der Waals surface area contributed by atoms with E-state index < -0.39 is 0 Å². The maximum Gasteiger partial charge on any atom is 0.230 e. The summed E-state index contributed by atoms with van der Waals surface area (Å²) < 4.78 is 0.999. The number of carbonyl (C=O) groups excluding carboxylic acids is 2. The molecule has 106 valence electrons. The molecule has 1 aromatic rings. The van der Waals surface area contributed by atoms with Gasteiger partial charge in [-0.2, -0.15) is 0 Å². The zero-order valence-electron chi connectivity index (χ0n) is 11.3. The number of rotatable bonds is 2. The van der Waals surface area contributed by atoms with Crippen LogP contribution in [0.1, 0.15) is 43.6 Å². The summed E-state index contributed by atoms with van der Waals surface area (Å²) in [7, 11) is 0. The molecule has 1 heterocycles. The number of amides is 2. The monoisotopic (exact) mass is 335 g/mol. The molecule has 0 aromatic heterocycles. The van der Waals surface area contributed by atoms with Crippen LogP contribution in [0.5, 0.6) is 0 Å². The average molecular weight is 336 g/mol. The van der Waals surface area contributed by atoms with Crippen LogP contribution >= 0.6 is 15.9 Å². The van der Waals surface area contributed by atoms with Crippen molar-refractivity contribution < 1.29 is 9.59 Å². The molecule has 2 unspecified atom stereocenters. The van der Waals surface area contributed by atoms with Gasteiger partial charge in [-0.25, -0.2) is 0 Å². The minimum Gasteiger partial charge on any atom is -0.296 e. The molecule has 1 saturated carbocycles. The van der Waals surface area contributed by atoms with Gasteiger partial charge in [-0.1, -0.05) is 40.9 Å². The zero-order valence-corrected chi connectivity index (χ0v) is 12.9. The van der Waals surface area contributed by atoms with Crippen molar-refractivity contribution in [2.75, 3.05) is 0 Å². The molecular formula is C16H18BrNO2. The van der Waals surface area contributed by atoms with Crippen LogP contribution in [0.4, 0.5) is 0 Å². The summed E-state index contributed by atoms with van der Waals surface area (Å²) in [4.78, 5) is 24.1. The van der Waals surface area contributed by atoms with Crippen LogP contribution in [0, 0.1) is 11.8 Å². The highest BCUT2D eigenvalue weighted by Crippen LogP contribution is 2.43. The van der Waals surface area contributed by atoms with Crippen LogP contribution in [0.15, 0.2) is 28.7 Å². The van der Waals surface area contributed by atoms with Gasteiger partial charge in [-0.15, -0.1) is 0 Å². The number of benzene rings is 1. The second kappa shape index (κ2) is 5.68. The molecule has 3 nitrogen and oxygen atoms in total. The minimum atomic E-state index is -0.144. The molecule has 1 aromatic carbocycles. The van der Waals surface area contributed by atoms with Crippen molar-refractivity contribution in [1.29, 1.82) is 0 Å². The smallest absolute Gasteiger partial charge is 0.230 e. The topological polar surface area (TPSA) is 46.2 Å². The van der Waals surface area contributed by atoms with Gasteiger partial charge < -0.3 is 0 Å². The summed E-state index contributed by atoms with van der Waals surface area (Å²) in [6.07, 6.45) is 5.04. The molecule has 0 radical (unpaired) electrons. The number of hydrogen-bond donors (Lipinski definition) is 1. The van der Waals surface area contributed by atoms with Gasteiger partial charge >= 0.3 is 0 Å². The van der Waals surface area contributed by atoms with Crippen LogP contribution in [-0.2, 0) is 9.59 Å². The Morgan fingerprint density at radius 2 is 1.90 bits per heavy atom. The standard InChI is InChI=1S/C16H18BrNO2/c17-12-7-3-6-11(8-12)13-9-14(19)18-16(20)15(13)10-4-1-2-5-10/h3,6-8,10,13,15H,1-2,4-5,9H2,(H,18,19,20). The molecule has 2 atom stereocenters. The summed E-state index contributed by atoms with van der Waals surface area (Å²) in [5, 5.41) is 2.53. The highest BCUT2D eigenvalue weighted by molar-refractivity contribution is 9.10. The number of piperidine rings is 1. The van der Waals surface area contributed by atoms with E-state index in [2.05, 4.69) is 21.2 Å². The largest absolute Gasteiger partial charge is 0.296 e. The lowest BCUT2D eigenvalue weighted by Gasteiger charge is -2.34. The first kappa shape index (κ1) is 13.8. The molecule has 2 aliphatic rings. The number of carbonyl (C=O) groups is 2. The van der Waals surface area contributed by atoms with Gasteiger partial charge in [0.15, 0.2) is 0 Å². The first-order chi connectivity index (χ1) is 9.65. The third kappa shape index (κ3) is 2.66. The minimum absolute atomic E-state index is 0.0249. The summed E-state index contributed by atoms with van der Waals surface area (Å²) in [6.45, 7) is 0. The summed E-state index contributed by atoms with van der Waals surface area (Å²) in [6, 6.07) is 8.02. The van der Waals surface area contributed by atoms with Crippen LogP contribution in [0.3, 0.4) is 0 Å². The molecule has 20 heavy (non-hydrogen) atoms. The predicted molar refractivity (Wildman–Crippen MR) is 80.1 cm³/mol. The van der Waals surface area contributed by atoms with Gasteiger partial charge in [0.05, 0.1) is 0 Å². The maximum atomic E-state index is 12.3. The van der Waals surface area contributed by atoms with E-state index in [9.17, 15) is 9.59 Å². The second-order valence-corrected chi connectivity index (χ2v) is 6.76. The SMILES string of the molecule is O=C1CC(c2cccc(Br)c2)C(C2CCCC2)C(=O)N1. The Morgan fingerprint density at radius 1 is 1.15 bits per heavy atom. The molecule has 1 aliphatic carbocycles. The molecule has 0 bridgehead atoms. The Hall–Kier alpha value is -1.16.